The van der Waals surface area contributed by atoms with Gasteiger partial charge in [0.25, 0.3) is 0 Å². The fraction of sp³-hybridized carbons (Fsp3) is 0.455. The first-order valence-electron chi connectivity index (χ1n) is 4.12. The first-order chi connectivity index (χ1) is 6.09. The van der Waals surface area contributed by atoms with E-state index in [0.29, 0.717) is 0 Å². The largest absolute Gasteiger partial charge is 0.339 e. The highest BCUT2D eigenvalue weighted by atomic mass is 16.8. The van der Waals surface area contributed by atoms with Gasteiger partial charge in [0, 0.05) is 11.1 Å². The van der Waals surface area contributed by atoms with E-state index in [4.69, 9.17) is 22.3 Å². The van der Waals surface area contributed by atoms with Crippen molar-refractivity contribution < 1.29 is 9.47 Å². The van der Waals surface area contributed by atoms with Gasteiger partial charge < -0.3 is 9.47 Å². The van der Waals surface area contributed by atoms with Crippen LogP contribution >= 0.6 is 0 Å². The Kier molecular flexibility index (Phi) is 1.54. The van der Waals surface area contributed by atoms with E-state index in [0.717, 1.165) is 11.1 Å². The van der Waals surface area contributed by atoms with Gasteiger partial charge in [0.2, 0.25) is 0 Å². The maximum Gasteiger partial charge on any atom is 0.164 e. The lowest BCUT2D eigenvalue weighted by molar-refractivity contribution is -0.137. The van der Waals surface area contributed by atoms with E-state index in [1.807, 2.05) is 13.8 Å². The van der Waals surface area contributed by atoms with Gasteiger partial charge in [-0.3, -0.25) is 0 Å². The van der Waals surface area contributed by atoms with Gasteiger partial charge in [-0.05, 0) is 13.8 Å². The molecule has 1 aliphatic heterocycles. The molecule has 0 amide bonds. The van der Waals surface area contributed by atoms with Crippen LogP contribution in [-0.2, 0) is 9.47 Å². The van der Waals surface area contributed by atoms with Gasteiger partial charge in [-0.15, -0.1) is 12.8 Å². The van der Waals surface area contributed by atoms with Crippen molar-refractivity contribution in [2.24, 2.45) is 0 Å². The van der Waals surface area contributed by atoms with Gasteiger partial charge in [-0.2, -0.15) is 0 Å². The number of ether oxygens (including phenoxy) is 2. The summed E-state index contributed by atoms with van der Waals surface area (Å²) in [5, 5.41) is 0. The molecule has 0 radical (unpaired) electrons. The Bertz CT molecular complexity index is 329. The molecule has 66 valence electrons. The van der Waals surface area contributed by atoms with Crippen molar-refractivity contribution in [3.8, 4) is 24.7 Å². The minimum atomic E-state index is -0.573. The van der Waals surface area contributed by atoms with Crippen LogP contribution in [0.15, 0.2) is 11.1 Å². The second kappa shape index (κ2) is 2.39. The zero-order valence-corrected chi connectivity index (χ0v) is 7.63. The average molecular weight is 174 g/mol. The summed E-state index contributed by atoms with van der Waals surface area (Å²) < 4.78 is 11.1. The predicted octanol–water partition coefficient (Wildman–Crippen LogP) is 1.08. The molecule has 0 unspecified atom stereocenters. The first-order valence-corrected chi connectivity index (χ1v) is 4.12. The third kappa shape index (κ3) is 1.00. The molecule has 0 spiro atoms. The Labute approximate surface area is 77.9 Å². The molecule has 1 fully saturated rings. The highest BCUT2D eigenvalue weighted by Crippen LogP contribution is 2.43. The Morgan fingerprint density at radius 3 is 1.77 bits per heavy atom. The number of rotatable bonds is 0. The Morgan fingerprint density at radius 1 is 1.08 bits per heavy atom. The molecule has 2 rings (SSSR count). The molecule has 13 heavy (non-hydrogen) atoms. The van der Waals surface area contributed by atoms with Crippen LogP contribution in [0.2, 0.25) is 0 Å². The van der Waals surface area contributed by atoms with Crippen molar-refractivity contribution in [2.45, 2.75) is 31.8 Å². The fourth-order valence-electron chi connectivity index (χ4n) is 1.71. The molecule has 0 N–H and O–H groups in total. The molecule has 0 aromatic carbocycles. The van der Waals surface area contributed by atoms with Crippen molar-refractivity contribution in [1.29, 1.82) is 0 Å². The molecule has 1 aliphatic carbocycles. The molecular weight excluding hydrogens is 164 g/mol. The van der Waals surface area contributed by atoms with Crippen molar-refractivity contribution in [1.82, 2.24) is 0 Å². The molecule has 0 bridgehead atoms. The lowest BCUT2D eigenvalue weighted by Crippen LogP contribution is -2.37. The molecule has 2 aliphatic rings. The van der Waals surface area contributed by atoms with Crippen LogP contribution in [0.4, 0.5) is 0 Å². The van der Waals surface area contributed by atoms with Gasteiger partial charge in [0.05, 0.1) is 0 Å². The minimum absolute atomic E-state index is 0.119. The highest BCUT2D eigenvalue weighted by Gasteiger charge is 2.52. The van der Waals surface area contributed by atoms with Crippen LogP contribution in [0.25, 0.3) is 0 Å². The van der Waals surface area contributed by atoms with E-state index in [-0.39, 0.29) is 12.2 Å². The highest BCUT2D eigenvalue weighted by molar-refractivity contribution is 5.56. The molecule has 1 saturated heterocycles. The summed E-state index contributed by atoms with van der Waals surface area (Å²) >= 11 is 0. The summed E-state index contributed by atoms with van der Waals surface area (Å²) in [6, 6.07) is 0. The van der Waals surface area contributed by atoms with E-state index in [2.05, 4.69) is 11.8 Å². The van der Waals surface area contributed by atoms with Gasteiger partial charge in [-0.25, -0.2) is 0 Å². The summed E-state index contributed by atoms with van der Waals surface area (Å²) in [6.45, 7) is 3.71. The standard InChI is InChI=1S/C11H10O2/c1-5-7-8(6-2)10-9(7)12-11(3,4)13-10/h1-2,9-10H,3-4H3/t9-,10+. The average Bonchev–Trinajstić information content (AvgIpc) is 2.30. The zero-order chi connectivity index (χ0) is 9.64. The smallest absolute Gasteiger partial charge is 0.164 e. The molecule has 0 aromatic heterocycles. The summed E-state index contributed by atoms with van der Waals surface area (Å²) in [7, 11) is 0. The first kappa shape index (κ1) is 8.38. The van der Waals surface area contributed by atoms with Crippen molar-refractivity contribution >= 4 is 0 Å². The molecule has 2 atom stereocenters. The van der Waals surface area contributed by atoms with Crippen LogP contribution in [0.1, 0.15) is 13.8 Å². The maximum atomic E-state index is 5.57. The van der Waals surface area contributed by atoms with Crippen LogP contribution < -0.4 is 0 Å². The molecular formula is C11H10O2. The minimum Gasteiger partial charge on any atom is -0.339 e. The van der Waals surface area contributed by atoms with E-state index in [9.17, 15) is 0 Å². The summed E-state index contributed by atoms with van der Waals surface area (Å²) in [5.41, 5.74) is 1.52. The Hall–Kier alpha value is -1.22. The van der Waals surface area contributed by atoms with Crippen LogP contribution in [-0.4, -0.2) is 18.0 Å². The predicted molar refractivity (Wildman–Crippen MR) is 48.5 cm³/mol. The van der Waals surface area contributed by atoms with Crippen LogP contribution in [0.3, 0.4) is 0 Å². The third-order valence-electron chi connectivity index (χ3n) is 2.27. The molecule has 2 nitrogen and oxygen atoms in total. The van der Waals surface area contributed by atoms with Gasteiger partial charge in [0.1, 0.15) is 12.2 Å². The van der Waals surface area contributed by atoms with Crippen molar-refractivity contribution in [3.05, 3.63) is 11.1 Å². The van der Waals surface area contributed by atoms with Crippen molar-refractivity contribution in [2.75, 3.05) is 0 Å². The summed E-state index contributed by atoms with van der Waals surface area (Å²) in [5.74, 6) is 4.51. The fourth-order valence-corrected chi connectivity index (χ4v) is 1.71. The summed E-state index contributed by atoms with van der Waals surface area (Å²) in [4.78, 5) is 0. The van der Waals surface area contributed by atoms with E-state index in [1.165, 1.54) is 0 Å². The lowest BCUT2D eigenvalue weighted by atomic mass is 9.83. The molecule has 0 saturated carbocycles. The Morgan fingerprint density at radius 2 is 1.46 bits per heavy atom. The number of fused-ring (bicyclic) bond motifs is 1. The molecule has 2 heteroatoms. The van der Waals surface area contributed by atoms with Crippen LogP contribution in [0.5, 0.6) is 0 Å². The second-order valence-electron chi connectivity index (χ2n) is 3.59. The Balaban J connectivity index is 2.31. The van der Waals surface area contributed by atoms with E-state index < -0.39 is 5.79 Å². The van der Waals surface area contributed by atoms with Crippen LogP contribution in [0, 0.1) is 24.7 Å². The number of hydrogen-bond acceptors (Lipinski definition) is 2. The van der Waals surface area contributed by atoms with Gasteiger partial charge in [-0.1, -0.05) is 11.8 Å². The molecule has 1 heterocycles. The topological polar surface area (TPSA) is 18.5 Å². The van der Waals surface area contributed by atoms with Gasteiger partial charge >= 0.3 is 0 Å². The van der Waals surface area contributed by atoms with E-state index in [1.54, 1.807) is 0 Å². The monoisotopic (exact) mass is 174 g/mol. The zero-order valence-electron chi connectivity index (χ0n) is 7.63. The number of terminal acetylenes is 2. The number of hydrogen-bond donors (Lipinski definition) is 0. The maximum absolute atomic E-state index is 5.57. The second-order valence-corrected chi connectivity index (χ2v) is 3.59. The lowest BCUT2D eigenvalue weighted by Gasteiger charge is -2.27. The molecule has 0 aromatic rings. The van der Waals surface area contributed by atoms with E-state index >= 15 is 0 Å². The third-order valence-corrected chi connectivity index (χ3v) is 2.27. The van der Waals surface area contributed by atoms with Gasteiger partial charge in [0.15, 0.2) is 5.79 Å². The normalized spacial score (nSPS) is 34.5. The van der Waals surface area contributed by atoms with Crippen molar-refractivity contribution in [3.63, 3.8) is 0 Å². The SMILES string of the molecule is C#CC1=C(C#C)[C@@H]2OC(C)(C)O[C@H]12. The summed E-state index contributed by atoms with van der Waals surface area (Å²) in [6.07, 6.45) is 10.4. The quantitative estimate of drug-likeness (QED) is 0.512.